The SMILES string of the molecule is [CH2-]CCNC(CO)(CO)CO. The van der Waals surface area contributed by atoms with Crippen molar-refractivity contribution in [3.63, 3.8) is 0 Å². The van der Waals surface area contributed by atoms with Gasteiger partial charge in [-0.25, -0.2) is 0 Å². The lowest BCUT2D eigenvalue weighted by atomic mass is 10.0. The van der Waals surface area contributed by atoms with Crippen molar-refractivity contribution in [2.75, 3.05) is 26.4 Å². The third-order valence-corrected chi connectivity index (χ3v) is 1.58. The van der Waals surface area contributed by atoms with Crippen LogP contribution in [0.3, 0.4) is 0 Å². The predicted octanol–water partition coefficient (Wildman–Crippen LogP) is -1.48. The Morgan fingerprint density at radius 1 is 1.09 bits per heavy atom. The molecule has 11 heavy (non-hydrogen) atoms. The highest BCUT2D eigenvalue weighted by Crippen LogP contribution is 2.00. The molecule has 0 bridgehead atoms. The van der Waals surface area contributed by atoms with Crippen molar-refractivity contribution in [1.29, 1.82) is 0 Å². The molecule has 0 saturated heterocycles. The molecule has 0 rings (SSSR count). The van der Waals surface area contributed by atoms with Gasteiger partial charge in [0.25, 0.3) is 0 Å². The molecule has 0 spiro atoms. The minimum Gasteiger partial charge on any atom is -0.394 e. The van der Waals surface area contributed by atoms with Gasteiger partial charge in [-0.3, -0.25) is 0 Å². The molecule has 0 atom stereocenters. The summed E-state index contributed by atoms with van der Waals surface area (Å²) in [6.07, 6.45) is 0.655. The van der Waals surface area contributed by atoms with Crippen molar-refractivity contribution in [3.05, 3.63) is 6.92 Å². The molecule has 0 unspecified atom stereocenters. The molecule has 0 aromatic heterocycles. The number of rotatable bonds is 6. The fourth-order valence-corrected chi connectivity index (χ4v) is 0.671. The largest absolute Gasteiger partial charge is 0.394 e. The zero-order valence-electron chi connectivity index (χ0n) is 6.58. The van der Waals surface area contributed by atoms with E-state index in [-0.39, 0.29) is 19.8 Å². The molecule has 0 aliphatic rings. The van der Waals surface area contributed by atoms with Gasteiger partial charge < -0.3 is 27.6 Å². The van der Waals surface area contributed by atoms with E-state index in [9.17, 15) is 0 Å². The van der Waals surface area contributed by atoms with E-state index in [1.807, 2.05) is 0 Å². The summed E-state index contributed by atoms with van der Waals surface area (Å²) in [6, 6.07) is 0. The average molecular weight is 162 g/mol. The van der Waals surface area contributed by atoms with Crippen LogP contribution in [0.5, 0.6) is 0 Å². The smallest absolute Gasteiger partial charge is 0.0880 e. The van der Waals surface area contributed by atoms with Crippen LogP contribution in [0.15, 0.2) is 0 Å². The second-order valence-corrected chi connectivity index (χ2v) is 2.54. The third-order valence-electron chi connectivity index (χ3n) is 1.58. The molecular formula is C7H16NO3-. The van der Waals surface area contributed by atoms with Gasteiger partial charge in [0.05, 0.1) is 25.4 Å². The molecule has 0 heterocycles. The van der Waals surface area contributed by atoms with Gasteiger partial charge in [0.15, 0.2) is 0 Å². The van der Waals surface area contributed by atoms with Gasteiger partial charge in [-0.2, -0.15) is 6.42 Å². The van der Waals surface area contributed by atoms with E-state index >= 15 is 0 Å². The molecule has 0 aromatic rings. The Labute approximate surface area is 66.9 Å². The van der Waals surface area contributed by atoms with Crippen molar-refractivity contribution < 1.29 is 15.3 Å². The summed E-state index contributed by atoms with van der Waals surface area (Å²) in [4.78, 5) is 0. The molecule has 0 aliphatic carbocycles. The van der Waals surface area contributed by atoms with Gasteiger partial charge in [-0.05, 0) is 6.54 Å². The summed E-state index contributed by atoms with van der Waals surface area (Å²) in [7, 11) is 0. The first kappa shape index (κ1) is 10.8. The van der Waals surface area contributed by atoms with Crippen molar-refractivity contribution in [2.45, 2.75) is 12.0 Å². The second-order valence-electron chi connectivity index (χ2n) is 2.54. The van der Waals surface area contributed by atoms with Gasteiger partial charge in [0, 0.05) is 0 Å². The topological polar surface area (TPSA) is 72.7 Å². The number of aliphatic hydroxyl groups is 3. The molecule has 0 fully saturated rings. The first-order valence-electron chi connectivity index (χ1n) is 3.61. The lowest BCUT2D eigenvalue weighted by molar-refractivity contribution is 0.0432. The standard InChI is InChI=1S/C7H16NO3/c1-2-3-8-7(4-9,5-10)6-11/h8-11H,1-6H2/q-1. The first-order valence-corrected chi connectivity index (χ1v) is 3.61. The third kappa shape index (κ3) is 3.16. The van der Waals surface area contributed by atoms with Crippen molar-refractivity contribution in [3.8, 4) is 0 Å². The molecule has 4 N–H and O–H groups in total. The highest BCUT2D eigenvalue weighted by Gasteiger charge is 2.25. The van der Waals surface area contributed by atoms with Crippen LogP contribution in [-0.4, -0.2) is 47.2 Å². The van der Waals surface area contributed by atoms with E-state index in [0.717, 1.165) is 0 Å². The normalized spacial score (nSPS) is 12.0. The lowest BCUT2D eigenvalue weighted by Crippen LogP contribution is -2.54. The summed E-state index contributed by atoms with van der Waals surface area (Å²) < 4.78 is 0. The number of hydrogen-bond acceptors (Lipinski definition) is 4. The van der Waals surface area contributed by atoms with Crippen LogP contribution in [0, 0.1) is 6.92 Å². The highest BCUT2D eigenvalue weighted by molar-refractivity contribution is 4.85. The van der Waals surface area contributed by atoms with E-state index in [1.165, 1.54) is 0 Å². The fourth-order valence-electron chi connectivity index (χ4n) is 0.671. The maximum absolute atomic E-state index is 8.80. The summed E-state index contributed by atoms with van der Waals surface area (Å²) in [5, 5.41) is 29.2. The van der Waals surface area contributed by atoms with Gasteiger partial charge in [-0.1, -0.05) is 0 Å². The van der Waals surface area contributed by atoms with Crippen molar-refractivity contribution >= 4 is 0 Å². The Balaban J connectivity index is 3.84. The fraction of sp³-hybridized carbons (Fsp3) is 0.857. The molecule has 0 aromatic carbocycles. The van der Waals surface area contributed by atoms with Crippen LogP contribution in [0.1, 0.15) is 6.42 Å². The van der Waals surface area contributed by atoms with Crippen LogP contribution < -0.4 is 5.32 Å². The van der Waals surface area contributed by atoms with Crippen LogP contribution in [0.4, 0.5) is 0 Å². The van der Waals surface area contributed by atoms with Gasteiger partial charge in [0.1, 0.15) is 0 Å². The molecule has 4 nitrogen and oxygen atoms in total. The summed E-state index contributed by atoms with van der Waals surface area (Å²) in [6.45, 7) is 3.32. The molecule has 0 radical (unpaired) electrons. The Hall–Kier alpha value is -0.160. The maximum Gasteiger partial charge on any atom is 0.0880 e. The summed E-state index contributed by atoms with van der Waals surface area (Å²) in [5.74, 6) is 0. The van der Waals surface area contributed by atoms with E-state index in [4.69, 9.17) is 15.3 Å². The second kappa shape index (κ2) is 5.49. The van der Waals surface area contributed by atoms with E-state index in [2.05, 4.69) is 12.2 Å². The number of nitrogens with one attached hydrogen (secondary N) is 1. The van der Waals surface area contributed by atoms with Crippen LogP contribution in [0.2, 0.25) is 0 Å². The number of aliphatic hydroxyl groups excluding tert-OH is 3. The molecule has 0 saturated carbocycles. The van der Waals surface area contributed by atoms with Gasteiger partial charge in [0.2, 0.25) is 0 Å². The zero-order valence-corrected chi connectivity index (χ0v) is 6.58. The van der Waals surface area contributed by atoms with Crippen LogP contribution in [-0.2, 0) is 0 Å². The van der Waals surface area contributed by atoms with Crippen molar-refractivity contribution in [1.82, 2.24) is 5.32 Å². The quantitative estimate of drug-likeness (QED) is 0.359. The molecule has 4 heteroatoms. The molecule has 0 aliphatic heterocycles. The Morgan fingerprint density at radius 3 is 1.82 bits per heavy atom. The van der Waals surface area contributed by atoms with E-state index in [1.54, 1.807) is 0 Å². The molecule has 68 valence electrons. The summed E-state index contributed by atoms with van der Waals surface area (Å²) >= 11 is 0. The monoisotopic (exact) mass is 162 g/mol. The van der Waals surface area contributed by atoms with Gasteiger partial charge >= 0.3 is 0 Å². The Kier molecular flexibility index (Phi) is 5.41. The Morgan fingerprint density at radius 2 is 1.55 bits per heavy atom. The van der Waals surface area contributed by atoms with Gasteiger partial charge in [-0.15, -0.1) is 0 Å². The maximum atomic E-state index is 8.80. The van der Waals surface area contributed by atoms with Crippen LogP contribution in [0.25, 0.3) is 0 Å². The van der Waals surface area contributed by atoms with Crippen LogP contribution >= 0.6 is 0 Å². The molecular weight excluding hydrogens is 146 g/mol. The van der Waals surface area contributed by atoms with E-state index < -0.39 is 5.54 Å². The average Bonchev–Trinajstić information content (AvgIpc) is 2.08. The predicted molar refractivity (Wildman–Crippen MR) is 42.0 cm³/mol. The number of hydrogen-bond donors (Lipinski definition) is 4. The first-order chi connectivity index (χ1) is 5.24. The lowest BCUT2D eigenvalue weighted by Gasteiger charge is -2.29. The molecule has 0 amide bonds. The Bertz CT molecular complexity index is 85.4. The highest BCUT2D eigenvalue weighted by atomic mass is 16.3. The summed E-state index contributed by atoms with van der Waals surface area (Å²) in [5.41, 5.74) is -0.947. The van der Waals surface area contributed by atoms with E-state index in [0.29, 0.717) is 13.0 Å². The zero-order chi connectivity index (χ0) is 8.74. The van der Waals surface area contributed by atoms with Crippen molar-refractivity contribution in [2.24, 2.45) is 0 Å². The minimum atomic E-state index is -0.947. The minimum absolute atomic E-state index is 0.278.